The van der Waals surface area contributed by atoms with Gasteiger partial charge in [0.05, 0.1) is 6.21 Å². The SMILES string of the molecule is Cc1ccc(C=NNC(=O)c2ccncc2)cc1Br. The molecule has 19 heavy (non-hydrogen) atoms. The van der Waals surface area contributed by atoms with Crippen molar-refractivity contribution in [2.45, 2.75) is 6.92 Å². The Morgan fingerprint density at radius 2 is 2.05 bits per heavy atom. The number of aromatic nitrogens is 1. The summed E-state index contributed by atoms with van der Waals surface area (Å²) in [5.74, 6) is -0.259. The van der Waals surface area contributed by atoms with Crippen LogP contribution >= 0.6 is 15.9 Å². The molecule has 2 rings (SSSR count). The van der Waals surface area contributed by atoms with Crippen molar-refractivity contribution < 1.29 is 4.79 Å². The standard InChI is InChI=1S/C14H12BrN3O/c1-10-2-3-11(8-13(10)15)9-17-18-14(19)12-4-6-16-7-5-12/h2-9H,1H3,(H,18,19). The van der Waals surface area contributed by atoms with Gasteiger partial charge in [-0.2, -0.15) is 5.10 Å². The lowest BCUT2D eigenvalue weighted by atomic mass is 10.2. The summed E-state index contributed by atoms with van der Waals surface area (Å²) < 4.78 is 1.01. The minimum absolute atomic E-state index is 0.259. The molecule has 0 saturated heterocycles. The molecular weight excluding hydrogens is 306 g/mol. The second kappa shape index (κ2) is 6.24. The number of hydrogen-bond donors (Lipinski definition) is 1. The molecule has 0 radical (unpaired) electrons. The molecule has 1 N–H and O–H groups in total. The number of nitrogens with zero attached hydrogens (tertiary/aromatic N) is 2. The van der Waals surface area contributed by atoms with Crippen LogP contribution in [0.2, 0.25) is 0 Å². The molecule has 0 atom stereocenters. The Morgan fingerprint density at radius 3 is 2.74 bits per heavy atom. The Hall–Kier alpha value is -2.01. The van der Waals surface area contributed by atoms with E-state index in [2.05, 4.69) is 31.4 Å². The summed E-state index contributed by atoms with van der Waals surface area (Å²) in [6.45, 7) is 2.01. The number of halogens is 1. The summed E-state index contributed by atoms with van der Waals surface area (Å²) >= 11 is 3.45. The van der Waals surface area contributed by atoms with Crippen LogP contribution in [0.5, 0.6) is 0 Å². The Kier molecular flexibility index (Phi) is 4.41. The van der Waals surface area contributed by atoms with Crippen molar-refractivity contribution in [3.05, 3.63) is 63.9 Å². The van der Waals surface area contributed by atoms with Gasteiger partial charge in [0.1, 0.15) is 0 Å². The third-order valence-corrected chi connectivity index (χ3v) is 3.37. The van der Waals surface area contributed by atoms with E-state index in [1.807, 2.05) is 25.1 Å². The maximum atomic E-state index is 11.7. The molecule has 1 aromatic carbocycles. The van der Waals surface area contributed by atoms with E-state index in [1.54, 1.807) is 30.7 Å². The first-order valence-corrected chi connectivity index (χ1v) is 6.46. The van der Waals surface area contributed by atoms with Gasteiger partial charge in [-0.15, -0.1) is 0 Å². The first-order valence-electron chi connectivity index (χ1n) is 5.66. The highest BCUT2D eigenvalue weighted by Crippen LogP contribution is 2.16. The highest BCUT2D eigenvalue weighted by Gasteiger charge is 2.02. The van der Waals surface area contributed by atoms with Crippen LogP contribution in [0, 0.1) is 6.92 Å². The number of pyridine rings is 1. The van der Waals surface area contributed by atoms with Crippen molar-refractivity contribution in [1.82, 2.24) is 10.4 Å². The lowest BCUT2D eigenvalue weighted by molar-refractivity contribution is 0.0955. The first-order chi connectivity index (χ1) is 9.16. The second-order valence-electron chi connectivity index (χ2n) is 3.94. The van der Waals surface area contributed by atoms with Crippen LogP contribution in [-0.2, 0) is 0 Å². The Labute approximate surface area is 119 Å². The van der Waals surface area contributed by atoms with E-state index < -0.39 is 0 Å². The maximum Gasteiger partial charge on any atom is 0.271 e. The predicted octanol–water partition coefficient (Wildman–Crippen LogP) is 2.92. The molecule has 4 nitrogen and oxygen atoms in total. The zero-order valence-corrected chi connectivity index (χ0v) is 11.9. The van der Waals surface area contributed by atoms with Gasteiger partial charge >= 0.3 is 0 Å². The van der Waals surface area contributed by atoms with Crippen LogP contribution < -0.4 is 5.43 Å². The maximum absolute atomic E-state index is 11.7. The fraction of sp³-hybridized carbons (Fsp3) is 0.0714. The molecule has 1 heterocycles. The van der Waals surface area contributed by atoms with Crippen molar-refractivity contribution in [1.29, 1.82) is 0 Å². The van der Waals surface area contributed by atoms with Gasteiger partial charge < -0.3 is 0 Å². The van der Waals surface area contributed by atoms with E-state index in [4.69, 9.17) is 0 Å². The number of benzene rings is 1. The number of carbonyl (C=O) groups excluding carboxylic acids is 1. The van der Waals surface area contributed by atoms with Crippen molar-refractivity contribution in [3.63, 3.8) is 0 Å². The Bertz CT molecular complexity index is 611. The van der Waals surface area contributed by atoms with Gasteiger partial charge in [0.25, 0.3) is 5.91 Å². The van der Waals surface area contributed by atoms with Gasteiger partial charge in [0.15, 0.2) is 0 Å². The van der Waals surface area contributed by atoms with Crippen LogP contribution in [0.25, 0.3) is 0 Å². The minimum atomic E-state index is -0.259. The monoisotopic (exact) mass is 317 g/mol. The highest BCUT2D eigenvalue weighted by atomic mass is 79.9. The largest absolute Gasteiger partial charge is 0.271 e. The zero-order chi connectivity index (χ0) is 13.7. The fourth-order valence-electron chi connectivity index (χ4n) is 1.42. The molecule has 96 valence electrons. The van der Waals surface area contributed by atoms with E-state index in [0.29, 0.717) is 5.56 Å². The molecular formula is C14H12BrN3O. The van der Waals surface area contributed by atoms with E-state index in [9.17, 15) is 4.79 Å². The van der Waals surface area contributed by atoms with Crippen LogP contribution in [0.4, 0.5) is 0 Å². The third-order valence-electron chi connectivity index (χ3n) is 2.52. The lowest BCUT2D eigenvalue weighted by Crippen LogP contribution is -2.17. The number of hydrazone groups is 1. The second-order valence-corrected chi connectivity index (χ2v) is 4.80. The summed E-state index contributed by atoms with van der Waals surface area (Å²) in [7, 11) is 0. The molecule has 0 aliphatic rings. The Morgan fingerprint density at radius 1 is 1.32 bits per heavy atom. The topological polar surface area (TPSA) is 54.4 Å². The molecule has 5 heteroatoms. The summed E-state index contributed by atoms with van der Waals surface area (Å²) in [6, 6.07) is 9.12. The number of carbonyl (C=O) groups is 1. The van der Waals surface area contributed by atoms with Crippen LogP contribution in [0.3, 0.4) is 0 Å². The molecule has 0 bridgehead atoms. The molecule has 0 aliphatic carbocycles. The van der Waals surface area contributed by atoms with Gasteiger partial charge in [-0.3, -0.25) is 9.78 Å². The predicted molar refractivity (Wildman–Crippen MR) is 78.2 cm³/mol. The lowest BCUT2D eigenvalue weighted by Gasteiger charge is -2.00. The van der Waals surface area contributed by atoms with Crippen molar-refractivity contribution in [2.75, 3.05) is 0 Å². The smallest absolute Gasteiger partial charge is 0.267 e. The van der Waals surface area contributed by atoms with Crippen LogP contribution in [-0.4, -0.2) is 17.1 Å². The highest BCUT2D eigenvalue weighted by molar-refractivity contribution is 9.10. The van der Waals surface area contributed by atoms with Gasteiger partial charge in [-0.1, -0.05) is 28.1 Å². The Balaban J connectivity index is 2.00. The molecule has 1 aromatic heterocycles. The molecule has 2 aromatic rings. The van der Waals surface area contributed by atoms with Gasteiger partial charge in [0.2, 0.25) is 0 Å². The molecule has 0 saturated carbocycles. The average molecular weight is 318 g/mol. The number of hydrogen-bond acceptors (Lipinski definition) is 3. The number of nitrogens with one attached hydrogen (secondary N) is 1. The van der Waals surface area contributed by atoms with Crippen molar-refractivity contribution >= 4 is 28.1 Å². The number of aryl methyl sites for hydroxylation is 1. The summed E-state index contributed by atoms with van der Waals surface area (Å²) in [5, 5.41) is 3.92. The summed E-state index contributed by atoms with van der Waals surface area (Å²) in [5.41, 5.74) is 5.05. The van der Waals surface area contributed by atoms with Crippen molar-refractivity contribution in [2.24, 2.45) is 5.10 Å². The first kappa shape index (κ1) is 13.4. The van der Waals surface area contributed by atoms with Crippen LogP contribution in [0.15, 0.2) is 52.3 Å². The quantitative estimate of drug-likeness (QED) is 0.699. The van der Waals surface area contributed by atoms with E-state index in [-0.39, 0.29) is 5.91 Å². The fourth-order valence-corrected chi connectivity index (χ4v) is 1.82. The number of amides is 1. The van der Waals surface area contributed by atoms with Crippen LogP contribution in [0.1, 0.15) is 21.5 Å². The third kappa shape index (κ3) is 3.72. The van der Waals surface area contributed by atoms with Crippen molar-refractivity contribution in [3.8, 4) is 0 Å². The normalized spacial score (nSPS) is 10.6. The van der Waals surface area contributed by atoms with Gasteiger partial charge in [0, 0.05) is 22.4 Å². The van der Waals surface area contributed by atoms with E-state index >= 15 is 0 Å². The zero-order valence-electron chi connectivity index (χ0n) is 10.3. The molecule has 0 spiro atoms. The molecule has 0 aliphatic heterocycles. The number of rotatable bonds is 3. The van der Waals surface area contributed by atoms with Gasteiger partial charge in [-0.25, -0.2) is 5.43 Å². The minimum Gasteiger partial charge on any atom is -0.267 e. The van der Waals surface area contributed by atoms with E-state index in [0.717, 1.165) is 15.6 Å². The van der Waals surface area contributed by atoms with E-state index in [1.165, 1.54) is 0 Å². The summed E-state index contributed by atoms with van der Waals surface area (Å²) in [4.78, 5) is 15.5. The summed E-state index contributed by atoms with van der Waals surface area (Å²) in [6.07, 6.45) is 4.73. The molecule has 0 fully saturated rings. The average Bonchev–Trinajstić information content (AvgIpc) is 2.43. The molecule has 0 unspecified atom stereocenters. The van der Waals surface area contributed by atoms with Gasteiger partial charge in [-0.05, 0) is 36.2 Å². The molecule has 1 amide bonds.